The van der Waals surface area contributed by atoms with E-state index in [1.165, 1.54) is 23.4 Å². The van der Waals surface area contributed by atoms with Crippen LogP contribution in [-0.4, -0.2) is 34.9 Å². The van der Waals surface area contributed by atoms with E-state index in [0.717, 1.165) is 17.8 Å². The molecule has 4 aromatic rings. The molecule has 0 fully saturated rings. The van der Waals surface area contributed by atoms with E-state index in [2.05, 4.69) is 20.4 Å². The van der Waals surface area contributed by atoms with Gasteiger partial charge in [0.15, 0.2) is 0 Å². The predicted molar refractivity (Wildman–Crippen MR) is 100 cm³/mol. The number of aliphatic hydroxyl groups is 1. The van der Waals surface area contributed by atoms with Gasteiger partial charge in [-0.15, -0.1) is 5.10 Å². The molecule has 2 atom stereocenters. The third-order valence-corrected chi connectivity index (χ3v) is 4.96. The lowest BCUT2D eigenvalue weighted by Crippen LogP contribution is -2.38. The van der Waals surface area contributed by atoms with Gasteiger partial charge in [-0.3, -0.25) is 0 Å². The van der Waals surface area contributed by atoms with Crippen LogP contribution in [0, 0.1) is 11.6 Å². The first kappa shape index (κ1) is 18.9. The number of benzene rings is 2. The molecule has 2 unspecified atom stereocenters. The highest BCUT2D eigenvalue weighted by atomic mass is 19.1. The molecule has 0 radical (unpaired) electrons. The van der Waals surface area contributed by atoms with Crippen LogP contribution in [0.2, 0.25) is 0 Å². The van der Waals surface area contributed by atoms with Crippen molar-refractivity contribution in [1.82, 2.24) is 29.8 Å². The minimum absolute atomic E-state index is 0.0591. The Morgan fingerprint density at radius 2 is 1.93 bits per heavy atom. The van der Waals surface area contributed by atoms with Gasteiger partial charge in [-0.2, -0.15) is 5.10 Å². The maximum atomic E-state index is 14.6. The molecule has 2 aromatic carbocycles. The van der Waals surface area contributed by atoms with Gasteiger partial charge >= 0.3 is 0 Å². The Morgan fingerprint density at radius 1 is 1.14 bits per heavy atom. The lowest BCUT2D eigenvalue weighted by atomic mass is 9.80. The quantitative estimate of drug-likeness (QED) is 0.542. The Balaban J connectivity index is 1.75. The van der Waals surface area contributed by atoms with Crippen molar-refractivity contribution < 1.29 is 13.9 Å². The Morgan fingerprint density at radius 3 is 2.62 bits per heavy atom. The molecular weight excluding hydrogens is 378 g/mol. The molecule has 2 aromatic heterocycles. The van der Waals surface area contributed by atoms with E-state index in [1.54, 1.807) is 17.8 Å². The first-order valence-corrected chi connectivity index (χ1v) is 8.95. The minimum atomic E-state index is -1.77. The molecule has 1 N–H and O–H groups in total. The first-order valence-electron chi connectivity index (χ1n) is 8.95. The van der Waals surface area contributed by atoms with Crippen molar-refractivity contribution in [2.75, 3.05) is 0 Å². The van der Waals surface area contributed by atoms with E-state index in [4.69, 9.17) is 0 Å². The number of rotatable bonds is 6. The molecule has 0 aliphatic carbocycles. The second kappa shape index (κ2) is 7.51. The summed E-state index contributed by atoms with van der Waals surface area (Å²) < 4.78 is 31.0. The lowest BCUT2D eigenvalue weighted by Gasteiger charge is -2.33. The molecule has 9 heteroatoms. The SMILES string of the molecule is CC(c1cn(-c2ccccc2)nn1)C(O)(Cn1cncn1)c1ccc(F)cc1F. The molecule has 0 saturated carbocycles. The fraction of sp³-hybridized carbons (Fsp3) is 0.200. The Bertz CT molecular complexity index is 1100. The van der Waals surface area contributed by atoms with Gasteiger partial charge in [-0.25, -0.2) is 23.1 Å². The molecule has 148 valence electrons. The number of hydrogen-bond acceptors (Lipinski definition) is 5. The molecule has 29 heavy (non-hydrogen) atoms. The molecule has 7 nitrogen and oxygen atoms in total. The fourth-order valence-corrected chi connectivity index (χ4v) is 3.28. The summed E-state index contributed by atoms with van der Waals surface area (Å²) >= 11 is 0. The van der Waals surface area contributed by atoms with Crippen molar-refractivity contribution in [1.29, 1.82) is 0 Å². The highest BCUT2D eigenvalue weighted by molar-refractivity contribution is 5.32. The Kier molecular flexibility index (Phi) is 4.89. The largest absolute Gasteiger partial charge is 0.382 e. The third kappa shape index (κ3) is 3.64. The molecule has 0 saturated heterocycles. The van der Waals surface area contributed by atoms with Crippen molar-refractivity contribution in [3.63, 3.8) is 0 Å². The molecule has 0 spiro atoms. The lowest BCUT2D eigenvalue weighted by molar-refractivity contribution is -0.0123. The van der Waals surface area contributed by atoms with Gasteiger partial charge in [0.25, 0.3) is 0 Å². The Labute approximate surface area is 165 Å². The van der Waals surface area contributed by atoms with Gasteiger partial charge in [-0.05, 0) is 18.2 Å². The summed E-state index contributed by atoms with van der Waals surface area (Å²) in [7, 11) is 0. The minimum Gasteiger partial charge on any atom is -0.382 e. The van der Waals surface area contributed by atoms with E-state index in [1.807, 2.05) is 30.3 Å². The zero-order valence-electron chi connectivity index (χ0n) is 15.5. The monoisotopic (exact) mass is 396 g/mol. The van der Waals surface area contributed by atoms with Crippen LogP contribution in [0.1, 0.15) is 24.1 Å². The summed E-state index contributed by atoms with van der Waals surface area (Å²) in [4.78, 5) is 3.87. The van der Waals surface area contributed by atoms with Crippen LogP contribution in [0.3, 0.4) is 0 Å². The molecule has 0 aliphatic heterocycles. The molecule has 0 aliphatic rings. The van der Waals surface area contributed by atoms with Crippen LogP contribution in [0.25, 0.3) is 5.69 Å². The average Bonchev–Trinajstić information content (AvgIpc) is 3.40. The van der Waals surface area contributed by atoms with Gasteiger partial charge in [0.1, 0.15) is 29.9 Å². The Hall–Kier alpha value is -3.46. The molecule has 0 amide bonds. The normalized spacial score (nSPS) is 14.5. The van der Waals surface area contributed by atoms with Crippen molar-refractivity contribution in [2.45, 2.75) is 25.0 Å². The summed E-state index contributed by atoms with van der Waals surface area (Å²) in [6, 6.07) is 12.4. The van der Waals surface area contributed by atoms with Gasteiger partial charge in [-0.1, -0.05) is 36.4 Å². The maximum absolute atomic E-state index is 14.6. The highest BCUT2D eigenvalue weighted by Crippen LogP contribution is 2.39. The summed E-state index contributed by atoms with van der Waals surface area (Å²) in [5.41, 5.74) is -0.592. The molecule has 2 heterocycles. The predicted octanol–water partition coefficient (Wildman–Crippen LogP) is 2.83. The number of hydrogen-bond donors (Lipinski definition) is 1. The average molecular weight is 396 g/mol. The van der Waals surface area contributed by atoms with Crippen molar-refractivity contribution >= 4 is 0 Å². The van der Waals surface area contributed by atoms with E-state index in [9.17, 15) is 13.9 Å². The van der Waals surface area contributed by atoms with Crippen LogP contribution < -0.4 is 0 Å². The number of aromatic nitrogens is 6. The topological polar surface area (TPSA) is 81.6 Å². The van der Waals surface area contributed by atoms with Crippen LogP contribution in [0.15, 0.2) is 67.4 Å². The van der Waals surface area contributed by atoms with Crippen molar-refractivity contribution in [3.05, 3.63) is 90.3 Å². The third-order valence-electron chi connectivity index (χ3n) is 4.96. The van der Waals surface area contributed by atoms with Crippen LogP contribution >= 0.6 is 0 Å². The van der Waals surface area contributed by atoms with Crippen LogP contribution in [0.5, 0.6) is 0 Å². The second-order valence-corrected chi connectivity index (χ2v) is 6.79. The summed E-state index contributed by atoms with van der Waals surface area (Å²) in [5.74, 6) is -2.27. The number of para-hydroxylation sites is 1. The molecule has 4 rings (SSSR count). The van der Waals surface area contributed by atoms with Crippen molar-refractivity contribution in [2.24, 2.45) is 0 Å². The van der Waals surface area contributed by atoms with E-state index in [-0.39, 0.29) is 12.1 Å². The zero-order valence-corrected chi connectivity index (χ0v) is 15.5. The van der Waals surface area contributed by atoms with Crippen LogP contribution in [0.4, 0.5) is 8.78 Å². The first-order chi connectivity index (χ1) is 14.0. The highest BCUT2D eigenvalue weighted by Gasteiger charge is 2.41. The van der Waals surface area contributed by atoms with Crippen molar-refractivity contribution in [3.8, 4) is 5.69 Å². The maximum Gasteiger partial charge on any atom is 0.137 e. The molecular formula is C20H18F2N6O. The molecule has 0 bridgehead atoms. The van der Waals surface area contributed by atoms with Gasteiger partial charge in [0.05, 0.1) is 24.1 Å². The van der Waals surface area contributed by atoms with Gasteiger partial charge in [0, 0.05) is 17.5 Å². The number of halogens is 2. The second-order valence-electron chi connectivity index (χ2n) is 6.79. The van der Waals surface area contributed by atoms with E-state index >= 15 is 0 Å². The van der Waals surface area contributed by atoms with E-state index in [0.29, 0.717) is 5.69 Å². The summed E-state index contributed by atoms with van der Waals surface area (Å²) in [5, 5.41) is 23.9. The smallest absolute Gasteiger partial charge is 0.137 e. The van der Waals surface area contributed by atoms with E-state index < -0.39 is 23.2 Å². The standard InChI is InChI=1S/C20H18F2N6O/c1-14(19-10-28(26-25-19)16-5-3-2-4-6-16)20(29,11-27-13-23-12-24-27)17-8-7-15(21)9-18(17)22/h2-10,12-14,29H,11H2,1H3. The summed E-state index contributed by atoms with van der Waals surface area (Å²) in [6.07, 6.45) is 4.41. The fourth-order valence-electron chi connectivity index (χ4n) is 3.28. The summed E-state index contributed by atoms with van der Waals surface area (Å²) in [6.45, 7) is 1.61. The van der Waals surface area contributed by atoms with Gasteiger partial charge in [0.2, 0.25) is 0 Å². The van der Waals surface area contributed by atoms with Gasteiger partial charge < -0.3 is 5.11 Å². The zero-order chi connectivity index (χ0) is 20.4. The van der Waals surface area contributed by atoms with Crippen LogP contribution in [-0.2, 0) is 12.1 Å². The number of nitrogens with zero attached hydrogens (tertiary/aromatic N) is 6.